The molecule has 2 aliphatic rings. The quantitative estimate of drug-likeness (QED) is 0.846. The Kier molecular flexibility index (Phi) is 3.40. The summed E-state index contributed by atoms with van der Waals surface area (Å²) in [7, 11) is 0. The molecule has 1 aliphatic carbocycles. The number of carbonyl (C=O) groups excluding carboxylic acids is 2. The number of hydrogen-bond acceptors (Lipinski definition) is 2. The van der Waals surface area contributed by atoms with E-state index >= 15 is 0 Å². The van der Waals surface area contributed by atoms with Crippen LogP contribution in [0.5, 0.6) is 0 Å². The summed E-state index contributed by atoms with van der Waals surface area (Å²) in [4.78, 5) is 26.3. The van der Waals surface area contributed by atoms with Gasteiger partial charge in [0.15, 0.2) is 0 Å². The van der Waals surface area contributed by atoms with Gasteiger partial charge in [-0.15, -0.1) is 0 Å². The fourth-order valence-electron chi connectivity index (χ4n) is 2.65. The number of carbonyl (C=O) groups is 2. The van der Waals surface area contributed by atoms with Gasteiger partial charge in [-0.25, -0.2) is 0 Å². The number of amides is 2. The average Bonchev–Trinajstić information content (AvgIpc) is 3.07. The van der Waals surface area contributed by atoms with Crippen LogP contribution in [0.1, 0.15) is 47.5 Å². The van der Waals surface area contributed by atoms with E-state index in [1.165, 1.54) is 0 Å². The highest BCUT2D eigenvalue weighted by Crippen LogP contribution is 2.41. The molecule has 0 aromatic heterocycles. The molecule has 0 bridgehead atoms. The molecule has 0 aromatic rings. The molecule has 2 rings (SSSR count). The Morgan fingerprint density at radius 3 is 2.42 bits per heavy atom. The van der Waals surface area contributed by atoms with Crippen LogP contribution in [-0.2, 0) is 9.59 Å². The summed E-state index contributed by atoms with van der Waals surface area (Å²) in [5, 5.41) is 2.92. The Labute approximate surface area is 115 Å². The number of rotatable bonds is 3. The van der Waals surface area contributed by atoms with E-state index in [2.05, 4.69) is 33.0 Å². The molecule has 1 saturated carbocycles. The molecular weight excluding hydrogens is 240 g/mol. The van der Waals surface area contributed by atoms with Crippen LogP contribution in [0.25, 0.3) is 0 Å². The summed E-state index contributed by atoms with van der Waals surface area (Å²) in [6, 6.07) is 0. The maximum absolute atomic E-state index is 12.6. The topological polar surface area (TPSA) is 49.4 Å². The molecule has 19 heavy (non-hydrogen) atoms. The second-order valence-corrected chi connectivity index (χ2v) is 7.48. The predicted octanol–water partition coefficient (Wildman–Crippen LogP) is 1.80. The SMILES string of the molecule is CC(CN1CC(=O)NC(C)(C2CC2)C1=O)C(C)(C)C. The van der Waals surface area contributed by atoms with Gasteiger partial charge in [-0.2, -0.15) is 0 Å². The van der Waals surface area contributed by atoms with E-state index in [1.807, 2.05) is 6.92 Å². The highest BCUT2D eigenvalue weighted by atomic mass is 16.2. The lowest BCUT2D eigenvalue weighted by molar-refractivity contribution is -0.151. The van der Waals surface area contributed by atoms with Crippen LogP contribution in [0.15, 0.2) is 0 Å². The Bertz CT molecular complexity index is 395. The average molecular weight is 266 g/mol. The minimum Gasteiger partial charge on any atom is -0.340 e. The zero-order chi connectivity index (χ0) is 14.4. The van der Waals surface area contributed by atoms with E-state index in [1.54, 1.807) is 4.90 Å². The van der Waals surface area contributed by atoms with Gasteiger partial charge in [0.25, 0.3) is 0 Å². The standard InChI is InChI=1S/C15H26N2O2/c1-10(14(2,3)4)8-17-9-12(18)16-15(5,13(17)19)11-6-7-11/h10-11H,6-9H2,1-5H3,(H,16,18). The molecular formula is C15H26N2O2. The second-order valence-electron chi connectivity index (χ2n) is 7.48. The molecule has 108 valence electrons. The molecule has 4 heteroatoms. The van der Waals surface area contributed by atoms with E-state index in [9.17, 15) is 9.59 Å². The lowest BCUT2D eigenvalue weighted by Crippen LogP contribution is -2.67. The molecule has 2 fully saturated rings. The number of nitrogens with zero attached hydrogens (tertiary/aromatic N) is 1. The molecule has 2 amide bonds. The van der Waals surface area contributed by atoms with Crippen LogP contribution in [0, 0.1) is 17.3 Å². The monoisotopic (exact) mass is 266 g/mol. The van der Waals surface area contributed by atoms with Crippen molar-refractivity contribution in [2.45, 2.75) is 53.0 Å². The van der Waals surface area contributed by atoms with Crippen molar-refractivity contribution in [1.82, 2.24) is 10.2 Å². The van der Waals surface area contributed by atoms with Crippen molar-refractivity contribution in [1.29, 1.82) is 0 Å². The minimum atomic E-state index is -0.660. The van der Waals surface area contributed by atoms with Crippen LogP contribution in [0.2, 0.25) is 0 Å². The van der Waals surface area contributed by atoms with Gasteiger partial charge in [0, 0.05) is 6.54 Å². The Hall–Kier alpha value is -1.06. The van der Waals surface area contributed by atoms with Crippen LogP contribution in [0.3, 0.4) is 0 Å². The van der Waals surface area contributed by atoms with Gasteiger partial charge in [-0.1, -0.05) is 27.7 Å². The van der Waals surface area contributed by atoms with Gasteiger partial charge in [0.1, 0.15) is 5.54 Å². The Morgan fingerprint density at radius 2 is 1.95 bits per heavy atom. The minimum absolute atomic E-state index is 0.0184. The van der Waals surface area contributed by atoms with E-state index < -0.39 is 5.54 Å². The van der Waals surface area contributed by atoms with Crippen molar-refractivity contribution in [3.05, 3.63) is 0 Å². The van der Waals surface area contributed by atoms with E-state index in [-0.39, 0.29) is 23.8 Å². The van der Waals surface area contributed by atoms with Crippen molar-refractivity contribution in [3.63, 3.8) is 0 Å². The first-order valence-electron chi connectivity index (χ1n) is 7.25. The molecule has 4 nitrogen and oxygen atoms in total. The highest BCUT2D eigenvalue weighted by molar-refractivity contribution is 5.98. The van der Waals surface area contributed by atoms with E-state index in [0.717, 1.165) is 12.8 Å². The number of hydrogen-bond donors (Lipinski definition) is 1. The van der Waals surface area contributed by atoms with Gasteiger partial charge in [-0.3, -0.25) is 9.59 Å². The third-order valence-electron chi connectivity index (χ3n) is 4.83. The zero-order valence-electron chi connectivity index (χ0n) is 12.7. The first-order valence-corrected chi connectivity index (χ1v) is 7.25. The lowest BCUT2D eigenvalue weighted by Gasteiger charge is -2.42. The number of piperazine rings is 1. The molecule has 2 unspecified atom stereocenters. The second kappa shape index (κ2) is 4.50. The Morgan fingerprint density at radius 1 is 1.37 bits per heavy atom. The number of nitrogens with one attached hydrogen (secondary N) is 1. The van der Waals surface area contributed by atoms with Gasteiger partial charge in [-0.05, 0) is 37.0 Å². The third kappa shape index (κ3) is 2.77. The predicted molar refractivity (Wildman–Crippen MR) is 74.5 cm³/mol. The van der Waals surface area contributed by atoms with Crippen LogP contribution < -0.4 is 5.32 Å². The van der Waals surface area contributed by atoms with E-state index in [0.29, 0.717) is 18.4 Å². The molecule has 0 aromatic carbocycles. The molecule has 0 spiro atoms. The normalized spacial score (nSPS) is 30.3. The van der Waals surface area contributed by atoms with Gasteiger partial charge < -0.3 is 10.2 Å². The smallest absolute Gasteiger partial charge is 0.248 e. The molecule has 2 atom stereocenters. The molecule has 1 heterocycles. The molecule has 1 aliphatic heterocycles. The van der Waals surface area contributed by atoms with Crippen LogP contribution in [-0.4, -0.2) is 35.3 Å². The fourth-order valence-corrected chi connectivity index (χ4v) is 2.65. The lowest BCUT2D eigenvalue weighted by atomic mass is 9.81. The summed E-state index contributed by atoms with van der Waals surface area (Å²) in [6.07, 6.45) is 2.09. The van der Waals surface area contributed by atoms with Crippen LogP contribution >= 0.6 is 0 Å². The van der Waals surface area contributed by atoms with Gasteiger partial charge >= 0.3 is 0 Å². The van der Waals surface area contributed by atoms with Crippen LogP contribution in [0.4, 0.5) is 0 Å². The summed E-state index contributed by atoms with van der Waals surface area (Å²) < 4.78 is 0. The first-order chi connectivity index (χ1) is 8.64. The van der Waals surface area contributed by atoms with Crippen molar-refractivity contribution >= 4 is 11.8 Å². The summed E-state index contributed by atoms with van der Waals surface area (Å²) >= 11 is 0. The molecule has 1 N–H and O–H groups in total. The van der Waals surface area contributed by atoms with Crippen molar-refractivity contribution in [2.24, 2.45) is 17.3 Å². The van der Waals surface area contributed by atoms with Crippen molar-refractivity contribution < 1.29 is 9.59 Å². The van der Waals surface area contributed by atoms with Crippen molar-refractivity contribution in [3.8, 4) is 0 Å². The maximum Gasteiger partial charge on any atom is 0.248 e. The zero-order valence-corrected chi connectivity index (χ0v) is 12.7. The summed E-state index contributed by atoms with van der Waals surface area (Å²) in [5.74, 6) is 0.781. The maximum atomic E-state index is 12.6. The third-order valence-corrected chi connectivity index (χ3v) is 4.83. The van der Waals surface area contributed by atoms with E-state index in [4.69, 9.17) is 0 Å². The van der Waals surface area contributed by atoms with Crippen molar-refractivity contribution in [2.75, 3.05) is 13.1 Å². The molecule has 0 radical (unpaired) electrons. The summed E-state index contributed by atoms with van der Waals surface area (Å²) in [6.45, 7) is 11.4. The largest absolute Gasteiger partial charge is 0.340 e. The fraction of sp³-hybridized carbons (Fsp3) is 0.867. The molecule has 1 saturated heterocycles. The highest BCUT2D eigenvalue weighted by Gasteiger charge is 2.52. The first kappa shape index (κ1) is 14.4. The summed E-state index contributed by atoms with van der Waals surface area (Å²) in [5.41, 5.74) is -0.517. The van der Waals surface area contributed by atoms with Gasteiger partial charge in [0.2, 0.25) is 11.8 Å². The Balaban J connectivity index is 2.12. The van der Waals surface area contributed by atoms with Gasteiger partial charge in [0.05, 0.1) is 6.54 Å².